The molecule has 0 aromatic heterocycles. The fourth-order valence-corrected chi connectivity index (χ4v) is 1.87. The standard InChI is InChI=1S/C12H9Cl2F4NO4/c1-23-10(21)11(22,12(16,17)18)8(14)9(20)19-5-2-3-6(13)7(15)4-5/h2-4,8,22H,1H3,(H,19,20)/t8-,11-/m1/s1. The second kappa shape index (κ2) is 6.90. The van der Waals surface area contributed by atoms with Gasteiger partial charge in [0.25, 0.3) is 5.60 Å². The minimum atomic E-state index is -5.59. The van der Waals surface area contributed by atoms with Crippen molar-refractivity contribution in [1.82, 2.24) is 0 Å². The van der Waals surface area contributed by atoms with Gasteiger partial charge in [-0.1, -0.05) is 11.6 Å². The van der Waals surface area contributed by atoms with Gasteiger partial charge in [-0.25, -0.2) is 9.18 Å². The molecule has 0 aliphatic carbocycles. The predicted molar refractivity (Wildman–Crippen MR) is 72.7 cm³/mol. The van der Waals surface area contributed by atoms with E-state index in [9.17, 15) is 32.3 Å². The fraction of sp³-hybridized carbons (Fsp3) is 0.333. The van der Waals surface area contributed by atoms with Crippen LogP contribution in [-0.4, -0.2) is 41.2 Å². The normalized spacial score (nSPS) is 15.5. The summed E-state index contributed by atoms with van der Waals surface area (Å²) < 4.78 is 55.8. The zero-order valence-corrected chi connectivity index (χ0v) is 12.8. The van der Waals surface area contributed by atoms with Crippen LogP contribution in [0.1, 0.15) is 0 Å². The first kappa shape index (κ1) is 19.5. The summed E-state index contributed by atoms with van der Waals surface area (Å²) in [6, 6.07) is 2.83. The molecule has 0 aliphatic heterocycles. The molecule has 2 N–H and O–H groups in total. The van der Waals surface area contributed by atoms with E-state index in [0.717, 1.165) is 12.1 Å². The molecule has 11 heteroatoms. The number of amides is 1. The molecule has 128 valence electrons. The molecule has 0 aliphatic rings. The van der Waals surface area contributed by atoms with Crippen LogP contribution < -0.4 is 5.32 Å². The van der Waals surface area contributed by atoms with Gasteiger partial charge in [0.05, 0.1) is 12.1 Å². The Labute approximate surface area is 137 Å². The van der Waals surface area contributed by atoms with Crippen molar-refractivity contribution < 1.29 is 37.0 Å². The predicted octanol–water partition coefficient (Wildman–Crippen LogP) is 2.49. The van der Waals surface area contributed by atoms with Crippen molar-refractivity contribution in [2.75, 3.05) is 12.4 Å². The molecule has 0 fully saturated rings. The van der Waals surface area contributed by atoms with Crippen molar-refractivity contribution in [1.29, 1.82) is 0 Å². The van der Waals surface area contributed by atoms with Crippen molar-refractivity contribution in [3.63, 3.8) is 0 Å². The molecule has 0 radical (unpaired) electrons. The van der Waals surface area contributed by atoms with Crippen LogP contribution in [0, 0.1) is 5.82 Å². The maximum atomic E-state index is 13.2. The van der Waals surface area contributed by atoms with Crippen molar-refractivity contribution >= 4 is 40.8 Å². The van der Waals surface area contributed by atoms with Crippen molar-refractivity contribution in [3.8, 4) is 0 Å². The van der Waals surface area contributed by atoms with Crippen molar-refractivity contribution in [2.45, 2.75) is 17.2 Å². The van der Waals surface area contributed by atoms with Crippen LogP contribution in [0.5, 0.6) is 0 Å². The molecule has 0 bridgehead atoms. The second-order valence-electron chi connectivity index (χ2n) is 4.24. The van der Waals surface area contributed by atoms with Gasteiger partial charge in [-0.2, -0.15) is 13.2 Å². The molecule has 1 rings (SSSR count). The largest absolute Gasteiger partial charge is 0.467 e. The lowest BCUT2D eigenvalue weighted by atomic mass is 9.98. The van der Waals surface area contributed by atoms with E-state index in [0.29, 0.717) is 13.2 Å². The Morgan fingerprint density at radius 2 is 1.91 bits per heavy atom. The highest BCUT2D eigenvalue weighted by molar-refractivity contribution is 6.35. The van der Waals surface area contributed by atoms with Crippen LogP contribution >= 0.6 is 23.2 Å². The Morgan fingerprint density at radius 1 is 1.35 bits per heavy atom. The highest BCUT2D eigenvalue weighted by Crippen LogP contribution is 2.37. The van der Waals surface area contributed by atoms with Crippen molar-refractivity contribution in [2.24, 2.45) is 0 Å². The summed E-state index contributed by atoms with van der Waals surface area (Å²) in [5.41, 5.74) is -4.56. The van der Waals surface area contributed by atoms with Gasteiger partial charge in [0.2, 0.25) is 5.91 Å². The number of rotatable bonds is 4. The number of halogens is 6. The van der Waals surface area contributed by atoms with E-state index >= 15 is 0 Å². The molecule has 0 spiro atoms. The minimum Gasteiger partial charge on any atom is -0.467 e. The van der Waals surface area contributed by atoms with E-state index < -0.39 is 34.8 Å². The molecule has 2 atom stereocenters. The molecule has 0 unspecified atom stereocenters. The van der Waals surface area contributed by atoms with Gasteiger partial charge in [-0.3, -0.25) is 4.79 Å². The lowest BCUT2D eigenvalue weighted by Gasteiger charge is -2.30. The van der Waals surface area contributed by atoms with Crippen LogP contribution in [-0.2, 0) is 14.3 Å². The molecule has 0 heterocycles. The number of aliphatic hydroxyl groups is 1. The summed E-state index contributed by atoms with van der Waals surface area (Å²) in [5.74, 6) is -4.71. The SMILES string of the molecule is COC(=O)[C@](O)([C@H](Cl)C(=O)Nc1ccc(Cl)c(F)c1)C(F)(F)F. The number of benzene rings is 1. The van der Waals surface area contributed by atoms with Gasteiger partial charge in [0.1, 0.15) is 5.82 Å². The maximum absolute atomic E-state index is 13.2. The molecule has 1 aromatic rings. The first-order chi connectivity index (χ1) is 10.4. The summed E-state index contributed by atoms with van der Waals surface area (Å²) in [5, 5.41) is 8.30. The molecular weight excluding hydrogens is 369 g/mol. The highest BCUT2D eigenvalue weighted by Gasteiger charge is 2.67. The number of methoxy groups -OCH3 is 1. The lowest BCUT2D eigenvalue weighted by Crippen LogP contribution is -2.62. The van der Waals surface area contributed by atoms with Crippen LogP contribution in [0.4, 0.5) is 23.2 Å². The number of hydrogen-bond donors (Lipinski definition) is 2. The number of esters is 1. The molecule has 1 amide bonds. The molecule has 1 aromatic carbocycles. The summed E-state index contributed by atoms with van der Waals surface area (Å²) in [6.07, 6.45) is -5.59. The Morgan fingerprint density at radius 3 is 2.35 bits per heavy atom. The van der Waals surface area contributed by atoms with Gasteiger partial charge in [-0.15, -0.1) is 11.6 Å². The number of nitrogens with one attached hydrogen (secondary N) is 1. The summed E-state index contributed by atoms with van der Waals surface area (Å²) in [6.45, 7) is 0. The fourth-order valence-electron chi connectivity index (χ4n) is 1.49. The summed E-state index contributed by atoms with van der Waals surface area (Å²) in [7, 11) is 0.579. The lowest BCUT2D eigenvalue weighted by molar-refractivity contribution is -0.260. The monoisotopic (exact) mass is 377 g/mol. The highest BCUT2D eigenvalue weighted by atomic mass is 35.5. The van der Waals surface area contributed by atoms with Crippen molar-refractivity contribution in [3.05, 3.63) is 29.0 Å². The number of anilines is 1. The van der Waals surface area contributed by atoms with Crippen LogP contribution in [0.25, 0.3) is 0 Å². The quantitative estimate of drug-likeness (QED) is 0.480. The van der Waals surface area contributed by atoms with E-state index in [-0.39, 0.29) is 10.7 Å². The third kappa shape index (κ3) is 3.85. The van der Waals surface area contributed by atoms with Crippen LogP contribution in [0.2, 0.25) is 5.02 Å². The Balaban J connectivity index is 3.09. The first-order valence-corrected chi connectivity index (χ1v) is 6.54. The third-order valence-electron chi connectivity index (χ3n) is 2.71. The van der Waals surface area contributed by atoms with Gasteiger partial charge in [-0.05, 0) is 18.2 Å². The summed E-state index contributed by atoms with van der Waals surface area (Å²) in [4.78, 5) is 23.0. The number of ether oxygens (including phenoxy) is 1. The summed E-state index contributed by atoms with van der Waals surface area (Å²) >= 11 is 10.7. The van der Waals surface area contributed by atoms with Crippen LogP contribution in [0.15, 0.2) is 18.2 Å². The van der Waals surface area contributed by atoms with E-state index in [2.05, 4.69) is 4.74 Å². The maximum Gasteiger partial charge on any atom is 0.430 e. The molecule has 23 heavy (non-hydrogen) atoms. The Hall–Kier alpha value is -1.58. The Kier molecular flexibility index (Phi) is 5.84. The number of carbonyl (C=O) groups is 2. The van der Waals surface area contributed by atoms with E-state index in [1.54, 1.807) is 0 Å². The van der Waals surface area contributed by atoms with Gasteiger partial charge >= 0.3 is 12.1 Å². The average Bonchev–Trinajstić information content (AvgIpc) is 2.47. The number of carbonyl (C=O) groups excluding carboxylic acids is 2. The molecular formula is C12H9Cl2F4NO4. The average molecular weight is 378 g/mol. The smallest absolute Gasteiger partial charge is 0.430 e. The van der Waals surface area contributed by atoms with Gasteiger partial charge in [0.15, 0.2) is 5.38 Å². The zero-order valence-electron chi connectivity index (χ0n) is 11.2. The minimum absolute atomic E-state index is 0.281. The Bertz CT molecular complexity index is 626. The number of alkyl halides is 4. The third-order valence-corrected chi connectivity index (χ3v) is 3.53. The first-order valence-electron chi connectivity index (χ1n) is 5.72. The van der Waals surface area contributed by atoms with Crippen LogP contribution in [0.3, 0.4) is 0 Å². The van der Waals surface area contributed by atoms with E-state index in [1.165, 1.54) is 0 Å². The van der Waals surface area contributed by atoms with E-state index in [1.807, 2.05) is 5.32 Å². The van der Waals surface area contributed by atoms with E-state index in [4.69, 9.17) is 23.2 Å². The number of hydrogen-bond acceptors (Lipinski definition) is 4. The van der Waals surface area contributed by atoms with Gasteiger partial charge in [0, 0.05) is 5.69 Å². The molecule has 0 saturated heterocycles. The second-order valence-corrected chi connectivity index (χ2v) is 5.08. The van der Waals surface area contributed by atoms with Gasteiger partial charge < -0.3 is 15.2 Å². The zero-order chi connectivity index (χ0) is 18.0. The topological polar surface area (TPSA) is 75.6 Å². The molecule has 0 saturated carbocycles. The molecule has 5 nitrogen and oxygen atoms in total.